The summed E-state index contributed by atoms with van der Waals surface area (Å²) >= 11 is 0. The van der Waals surface area contributed by atoms with Crippen LogP contribution < -0.4 is 0 Å². The van der Waals surface area contributed by atoms with Crippen LogP contribution in [0.3, 0.4) is 0 Å². The molecule has 2 fully saturated rings. The minimum Gasteiger partial charge on any atom is -0.305 e. The third-order valence-corrected chi connectivity index (χ3v) is 3.16. The molecule has 2 aliphatic rings. The van der Waals surface area contributed by atoms with Crippen molar-refractivity contribution in [2.75, 3.05) is 33.2 Å². The van der Waals surface area contributed by atoms with Gasteiger partial charge in [0, 0.05) is 19.0 Å². The zero-order chi connectivity index (χ0) is 9.26. The van der Waals surface area contributed by atoms with E-state index < -0.39 is 0 Å². The van der Waals surface area contributed by atoms with E-state index in [4.69, 9.17) is 0 Å². The Morgan fingerprint density at radius 3 is 2.85 bits per heavy atom. The molecule has 74 valence electrons. The number of hydrogen-bond donors (Lipinski definition) is 0. The fourth-order valence-electron chi connectivity index (χ4n) is 2.39. The molecule has 3 heteroatoms. The highest BCUT2D eigenvalue weighted by atomic mass is 16.1. The molecule has 2 saturated heterocycles. The van der Waals surface area contributed by atoms with Crippen molar-refractivity contribution in [3.8, 4) is 0 Å². The lowest BCUT2D eigenvalue weighted by molar-refractivity contribution is -0.122. The summed E-state index contributed by atoms with van der Waals surface area (Å²) in [5.74, 6) is 0.431. The Kier molecular flexibility index (Phi) is 2.65. The average molecular weight is 182 g/mol. The summed E-state index contributed by atoms with van der Waals surface area (Å²) in [6, 6.07) is 0.647. The van der Waals surface area contributed by atoms with E-state index in [-0.39, 0.29) is 0 Å². The van der Waals surface area contributed by atoms with E-state index in [9.17, 15) is 4.79 Å². The third kappa shape index (κ3) is 2.09. The van der Waals surface area contributed by atoms with Crippen molar-refractivity contribution >= 4 is 5.78 Å². The van der Waals surface area contributed by atoms with E-state index in [1.165, 1.54) is 13.0 Å². The van der Waals surface area contributed by atoms with E-state index in [1.807, 2.05) is 0 Å². The summed E-state index contributed by atoms with van der Waals surface area (Å²) in [4.78, 5) is 16.0. The Balaban J connectivity index is 1.89. The van der Waals surface area contributed by atoms with Crippen LogP contribution in [0, 0.1) is 0 Å². The molecule has 0 aliphatic carbocycles. The standard InChI is InChI=1S/C10H18N2O/c1-11-6-4-9(7-11)12-5-2-3-10(13)8-12/h9H,2-8H2,1H3. The Bertz CT molecular complexity index is 205. The maximum absolute atomic E-state index is 11.3. The molecule has 3 nitrogen and oxygen atoms in total. The fraction of sp³-hybridized carbons (Fsp3) is 0.900. The van der Waals surface area contributed by atoms with Gasteiger partial charge < -0.3 is 4.90 Å². The summed E-state index contributed by atoms with van der Waals surface area (Å²) in [7, 11) is 2.16. The predicted octanol–water partition coefficient (Wildman–Crippen LogP) is 0.355. The zero-order valence-electron chi connectivity index (χ0n) is 8.33. The van der Waals surface area contributed by atoms with Gasteiger partial charge in [-0.15, -0.1) is 0 Å². The van der Waals surface area contributed by atoms with Gasteiger partial charge in [0.05, 0.1) is 6.54 Å². The number of carbonyl (C=O) groups is 1. The molecule has 13 heavy (non-hydrogen) atoms. The third-order valence-electron chi connectivity index (χ3n) is 3.16. The summed E-state index contributed by atoms with van der Waals surface area (Å²) in [6.45, 7) is 4.17. The lowest BCUT2D eigenvalue weighted by Crippen LogP contribution is -2.43. The van der Waals surface area contributed by atoms with Crippen LogP contribution >= 0.6 is 0 Å². The summed E-state index contributed by atoms with van der Waals surface area (Å²) in [5, 5.41) is 0. The van der Waals surface area contributed by atoms with Crippen LogP contribution in [0.4, 0.5) is 0 Å². The molecule has 0 aromatic heterocycles. The van der Waals surface area contributed by atoms with Crippen molar-refractivity contribution in [1.29, 1.82) is 0 Å². The normalized spacial score (nSPS) is 32.7. The van der Waals surface area contributed by atoms with E-state index in [0.29, 0.717) is 18.4 Å². The molecule has 0 N–H and O–H groups in total. The number of ketones is 1. The summed E-state index contributed by atoms with van der Waals surface area (Å²) in [6.07, 6.45) is 3.11. The Morgan fingerprint density at radius 2 is 2.23 bits per heavy atom. The second kappa shape index (κ2) is 3.76. The molecule has 0 bridgehead atoms. The van der Waals surface area contributed by atoms with Gasteiger partial charge in [0.2, 0.25) is 0 Å². The lowest BCUT2D eigenvalue weighted by Gasteiger charge is -2.31. The van der Waals surface area contributed by atoms with Crippen LogP contribution in [0.1, 0.15) is 19.3 Å². The first-order valence-corrected chi connectivity index (χ1v) is 5.20. The number of likely N-dealkylation sites (tertiary alicyclic amines) is 2. The number of piperidine rings is 1. The molecule has 0 radical (unpaired) electrons. The number of hydrogen-bond acceptors (Lipinski definition) is 3. The van der Waals surface area contributed by atoms with E-state index in [2.05, 4.69) is 16.8 Å². The van der Waals surface area contributed by atoms with Gasteiger partial charge in [0.15, 0.2) is 0 Å². The number of Topliss-reactive ketones (excluding diaryl/α,β-unsaturated/α-hetero) is 1. The van der Waals surface area contributed by atoms with Crippen molar-refractivity contribution in [3.05, 3.63) is 0 Å². The van der Waals surface area contributed by atoms with E-state index >= 15 is 0 Å². The maximum Gasteiger partial charge on any atom is 0.146 e. The van der Waals surface area contributed by atoms with Crippen molar-refractivity contribution in [2.45, 2.75) is 25.3 Å². The van der Waals surface area contributed by atoms with Crippen LogP contribution in [0.5, 0.6) is 0 Å². The first kappa shape index (κ1) is 9.16. The van der Waals surface area contributed by atoms with Crippen molar-refractivity contribution < 1.29 is 4.79 Å². The highest BCUT2D eigenvalue weighted by Crippen LogP contribution is 2.17. The van der Waals surface area contributed by atoms with Gasteiger partial charge in [0.25, 0.3) is 0 Å². The zero-order valence-corrected chi connectivity index (χ0v) is 8.33. The number of nitrogens with zero attached hydrogens (tertiary/aromatic N) is 2. The smallest absolute Gasteiger partial charge is 0.146 e. The van der Waals surface area contributed by atoms with Crippen molar-refractivity contribution in [2.24, 2.45) is 0 Å². The lowest BCUT2D eigenvalue weighted by atomic mass is 10.1. The Morgan fingerprint density at radius 1 is 1.38 bits per heavy atom. The van der Waals surface area contributed by atoms with E-state index in [0.717, 1.165) is 25.9 Å². The second-order valence-corrected chi connectivity index (χ2v) is 4.32. The van der Waals surface area contributed by atoms with Gasteiger partial charge in [-0.1, -0.05) is 0 Å². The molecule has 0 saturated carbocycles. The first-order valence-electron chi connectivity index (χ1n) is 5.20. The van der Waals surface area contributed by atoms with Crippen LogP contribution in [0.2, 0.25) is 0 Å². The molecule has 1 unspecified atom stereocenters. The molecule has 2 aliphatic heterocycles. The second-order valence-electron chi connectivity index (χ2n) is 4.32. The molecule has 1 atom stereocenters. The number of carbonyl (C=O) groups excluding carboxylic acids is 1. The fourth-order valence-corrected chi connectivity index (χ4v) is 2.39. The Hall–Kier alpha value is -0.410. The van der Waals surface area contributed by atoms with Gasteiger partial charge in [-0.25, -0.2) is 0 Å². The average Bonchev–Trinajstić information content (AvgIpc) is 2.52. The van der Waals surface area contributed by atoms with Crippen LogP contribution in [-0.2, 0) is 4.79 Å². The molecule has 2 heterocycles. The molecule has 0 amide bonds. The Labute approximate surface area is 79.7 Å². The molecule has 0 aromatic rings. The predicted molar refractivity (Wildman–Crippen MR) is 51.7 cm³/mol. The first-order chi connectivity index (χ1) is 6.25. The number of likely N-dealkylation sites (N-methyl/N-ethyl adjacent to an activating group) is 1. The van der Waals surface area contributed by atoms with Crippen molar-refractivity contribution in [3.63, 3.8) is 0 Å². The minimum atomic E-state index is 0.431. The molecular formula is C10H18N2O. The SMILES string of the molecule is CN1CCC(N2CCCC(=O)C2)C1. The maximum atomic E-state index is 11.3. The molecule has 0 aromatic carbocycles. The topological polar surface area (TPSA) is 23.6 Å². The van der Waals surface area contributed by atoms with Crippen LogP contribution in [0.25, 0.3) is 0 Å². The van der Waals surface area contributed by atoms with Gasteiger partial charge in [0.1, 0.15) is 5.78 Å². The monoisotopic (exact) mass is 182 g/mol. The minimum absolute atomic E-state index is 0.431. The highest BCUT2D eigenvalue weighted by Gasteiger charge is 2.28. The van der Waals surface area contributed by atoms with Crippen LogP contribution in [0.15, 0.2) is 0 Å². The van der Waals surface area contributed by atoms with Gasteiger partial charge >= 0.3 is 0 Å². The quantitative estimate of drug-likeness (QED) is 0.585. The summed E-state index contributed by atoms with van der Waals surface area (Å²) in [5.41, 5.74) is 0. The van der Waals surface area contributed by atoms with Crippen molar-refractivity contribution in [1.82, 2.24) is 9.80 Å². The molecule has 0 spiro atoms. The largest absolute Gasteiger partial charge is 0.305 e. The summed E-state index contributed by atoms with van der Waals surface area (Å²) < 4.78 is 0. The van der Waals surface area contributed by atoms with Gasteiger partial charge in [-0.2, -0.15) is 0 Å². The highest BCUT2D eigenvalue weighted by molar-refractivity contribution is 5.81. The molecule has 2 rings (SSSR count). The van der Waals surface area contributed by atoms with E-state index in [1.54, 1.807) is 0 Å². The van der Waals surface area contributed by atoms with Gasteiger partial charge in [-0.3, -0.25) is 9.69 Å². The molecular weight excluding hydrogens is 164 g/mol. The number of rotatable bonds is 1. The van der Waals surface area contributed by atoms with Crippen LogP contribution in [-0.4, -0.2) is 54.9 Å². The van der Waals surface area contributed by atoms with Gasteiger partial charge in [-0.05, 0) is 33.0 Å².